The van der Waals surface area contributed by atoms with Crippen LogP contribution in [-0.2, 0) is 11.2 Å². The number of hydrogen-bond acceptors (Lipinski definition) is 4. The van der Waals surface area contributed by atoms with E-state index >= 15 is 0 Å². The van der Waals surface area contributed by atoms with Crippen molar-refractivity contribution in [3.05, 3.63) is 70.9 Å². The van der Waals surface area contributed by atoms with Gasteiger partial charge in [0.2, 0.25) is 0 Å². The molecule has 0 aliphatic carbocycles. The van der Waals surface area contributed by atoms with Gasteiger partial charge in [-0.3, -0.25) is 9.59 Å². The molecule has 4 atom stereocenters. The summed E-state index contributed by atoms with van der Waals surface area (Å²) in [7, 11) is 0. The zero-order valence-corrected chi connectivity index (χ0v) is 18.4. The predicted molar refractivity (Wildman–Crippen MR) is 122 cm³/mol. The van der Waals surface area contributed by atoms with Crippen LogP contribution in [0.5, 0.6) is 0 Å². The number of aromatic nitrogens is 1. The first-order valence-corrected chi connectivity index (χ1v) is 11.0. The highest BCUT2D eigenvalue weighted by Gasteiger charge is 2.37. The smallest absolute Gasteiger partial charge is 0.268 e. The normalized spacial score (nSPS) is 20.3. The van der Waals surface area contributed by atoms with E-state index < -0.39 is 30.1 Å². The monoisotopic (exact) mass is 455 g/mol. The summed E-state index contributed by atoms with van der Waals surface area (Å²) < 4.78 is 0. The van der Waals surface area contributed by atoms with Gasteiger partial charge in [0.1, 0.15) is 5.69 Å². The number of halogens is 1. The van der Waals surface area contributed by atoms with Crippen molar-refractivity contribution in [2.45, 2.75) is 31.6 Å². The van der Waals surface area contributed by atoms with Gasteiger partial charge in [-0.1, -0.05) is 48.9 Å². The van der Waals surface area contributed by atoms with E-state index in [-0.39, 0.29) is 18.9 Å². The van der Waals surface area contributed by atoms with Crippen molar-refractivity contribution in [3.63, 3.8) is 0 Å². The molecule has 1 aromatic heterocycles. The van der Waals surface area contributed by atoms with Crippen LogP contribution in [0.4, 0.5) is 0 Å². The van der Waals surface area contributed by atoms with E-state index in [1.165, 1.54) is 4.90 Å². The largest absolute Gasteiger partial charge is 0.391 e. The second kappa shape index (κ2) is 9.32. The molecule has 32 heavy (non-hydrogen) atoms. The van der Waals surface area contributed by atoms with E-state index in [1.807, 2.05) is 37.3 Å². The molecule has 1 aliphatic rings. The van der Waals surface area contributed by atoms with Gasteiger partial charge >= 0.3 is 0 Å². The van der Waals surface area contributed by atoms with Gasteiger partial charge in [-0.15, -0.1) is 0 Å². The molecule has 2 heterocycles. The topological polar surface area (TPSA) is 106 Å². The zero-order chi connectivity index (χ0) is 22.8. The summed E-state index contributed by atoms with van der Waals surface area (Å²) >= 11 is 6.03. The molecular weight excluding hydrogens is 430 g/mol. The Balaban J connectivity index is 1.55. The minimum Gasteiger partial charge on any atom is -0.391 e. The predicted octanol–water partition coefficient (Wildman–Crippen LogP) is 2.36. The van der Waals surface area contributed by atoms with Crippen LogP contribution in [0.2, 0.25) is 5.02 Å². The van der Waals surface area contributed by atoms with Crippen LogP contribution in [0.1, 0.15) is 23.0 Å². The average molecular weight is 456 g/mol. The summed E-state index contributed by atoms with van der Waals surface area (Å²) in [5, 5.41) is 25.1. The number of rotatable bonds is 6. The lowest BCUT2D eigenvalue weighted by Crippen LogP contribution is -2.52. The maximum absolute atomic E-state index is 13.0. The van der Waals surface area contributed by atoms with Crippen molar-refractivity contribution in [3.8, 4) is 0 Å². The van der Waals surface area contributed by atoms with Crippen LogP contribution in [0.15, 0.2) is 54.6 Å². The maximum atomic E-state index is 13.0. The van der Waals surface area contributed by atoms with Gasteiger partial charge in [-0.2, -0.15) is 0 Å². The quantitative estimate of drug-likeness (QED) is 0.458. The van der Waals surface area contributed by atoms with Crippen molar-refractivity contribution < 1.29 is 19.8 Å². The van der Waals surface area contributed by atoms with Crippen LogP contribution < -0.4 is 5.32 Å². The van der Waals surface area contributed by atoms with Gasteiger partial charge in [-0.05, 0) is 36.2 Å². The second-order valence-electron chi connectivity index (χ2n) is 8.42. The number of fused-ring (bicyclic) bond motifs is 1. The number of H-pyrrole nitrogens is 1. The molecule has 0 radical (unpaired) electrons. The Kier molecular flexibility index (Phi) is 6.50. The SMILES string of the molecule is CC1CN(C(=O)[C@H](O)[C@H](Cc2ccccc2)NC(=O)c2cc3cc(Cl)ccc3[nH]2)CC1O. The second-order valence-corrected chi connectivity index (χ2v) is 8.85. The lowest BCUT2D eigenvalue weighted by Gasteiger charge is -2.27. The number of carbonyl (C=O) groups is 2. The van der Waals surface area contributed by atoms with Crippen molar-refractivity contribution in [1.29, 1.82) is 0 Å². The number of benzene rings is 2. The summed E-state index contributed by atoms with van der Waals surface area (Å²) in [6.45, 7) is 2.40. The van der Waals surface area contributed by atoms with Crippen molar-refractivity contribution in [2.24, 2.45) is 5.92 Å². The van der Waals surface area contributed by atoms with Crippen LogP contribution in [0.25, 0.3) is 10.9 Å². The molecule has 4 N–H and O–H groups in total. The molecule has 2 aromatic carbocycles. The molecule has 8 heteroatoms. The summed E-state index contributed by atoms with van der Waals surface area (Å²) in [5.41, 5.74) is 1.95. The highest BCUT2D eigenvalue weighted by atomic mass is 35.5. The minimum atomic E-state index is -1.45. The molecule has 0 bridgehead atoms. The van der Waals surface area contributed by atoms with E-state index in [0.717, 1.165) is 16.5 Å². The van der Waals surface area contributed by atoms with Gasteiger partial charge in [0.25, 0.3) is 11.8 Å². The molecule has 7 nitrogen and oxygen atoms in total. The highest BCUT2D eigenvalue weighted by molar-refractivity contribution is 6.31. The number of aliphatic hydroxyl groups is 2. The fourth-order valence-corrected chi connectivity index (χ4v) is 4.25. The summed E-state index contributed by atoms with van der Waals surface area (Å²) in [6, 6.07) is 15.5. The van der Waals surface area contributed by atoms with Crippen molar-refractivity contribution >= 4 is 34.3 Å². The molecule has 3 aromatic rings. The molecule has 2 unspecified atom stereocenters. The first kappa shape index (κ1) is 22.3. The molecule has 0 saturated carbocycles. The number of aromatic amines is 1. The molecular formula is C24H26ClN3O4. The summed E-state index contributed by atoms with van der Waals surface area (Å²) in [4.78, 5) is 30.5. The van der Waals surface area contributed by atoms with Crippen LogP contribution in [0.3, 0.4) is 0 Å². The molecule has 0 spiro atoms. The van der Waals surface area contributed by atoms with E-state index in [2.05, 4.69) is 10.3 Å². The molecule has 1 aliphatic heterocycles. The van der Waals surface area contributed by atoms with Gasteiger partial charge < -0.3 is 25.4 Å². The van der Waals surface area contributed by atoms with E-state index in [0.29, 0.717) is 17.3 Å². The fraction of sp³-hybridized carbons (Fsp3) is 0.333. The number of carbonyl (C=O) groups excluding carboxylic acids is 2. The molecule has 168 valence electrons. The Bertz CT molecular complexity index is 1110. The van der Waals surface area contributed by atoms with E-state index in [4.69, 9.17) is 11.6 Å². The standard InChI is InChI=1S/C24H26ClN3O4/c1-14-12-28(13-21(14)29)24(32)22(30)19(9-15-5-3-2-4-6-15)27-23(31)20-11-16-10-17(25)7-8-18(16)26-20/h2-8,10-11,14,19,21-22,26,29-30H,9,12-13H2,1H3,(H,27,31)/t14?,19-,21?,22+/m0/s1. The van der Waals surface area contributed by atoms with Crippen LogP contribution >= 0.6 is 11.6 Å². The van der Waals surface area contributed by atoms with Crippen LogP contribution in [0, 0.1) is 5.92 Å². The van der Waals surface area contributed by atoms with E-state index in [1.54, 1.807) is 24.3 Å². The van der Waals surface area contributed by atoms with Gasteiger partial charge in [-0.25, -0.2) is 0 Å². The van der Waals surface area contributed by atoms with Gasteiger partial charge in [0.05, 0.1) is 12.1 Å². The summed E-state index contributed by atoms with van der Waals surface area (Å²) in [5.74, 6) is -0.996. The fourth-order valence-electron chi connectivity index (χ4n) is 4.07. The van der Waals surface area contributed by atoms with Crippen molar-refractivity contribution in [1.82, 2.24) is 15.2 Å². The first-order valence-electron chi connectivity index (χ1n) is 10.6. The van der Waals surface area contributed by atoms with Gasteiger partial charge in [0, 0.05) is 34.9 Å². The Morgan fingerprint density at radius 3 is 2.62 bits per heavy atom. The third-order valence-corrected chi connectivity index (χ3v) is 6.20. The highest BCUT2D eigenvalue weighted by Crippen LogP contribution is 2.21. The Morgan fingerprint density at radius 1 is 1.19 bits per heavy atom. The lowest BCUT2D eigenvalue weighted by molar-refractivity contribution is -0.140. The van der Waals surface area contributed by atoms with E-state index in [9.17, 15) is 19.8 Å². The number of nitrogens with one attached hydrogen (secondary N) is 2. The zero-order valence-electron chi connectivity index (χ0n) is 17.7. The lowest BCUT2D eigenvalue weighted by atomic mass is 10.00. The Hall–Kier alpha value is -2.87. The first-order chi connectivity index (χ1) is 15.3. The average Bonchev–Trinajstić information content (AvgIpc) is 3.35. The maximum Gasteiger partial charge on any atom is 0.268 e. The van der Waals surface area contributed by atoms with Crippen molar-refractivity contribution in [2.75, 3.05) is 13.1 Å². The molecule has 4 rings (SSSR count). The Labute approximate surface area is 191 Å². The molecule has 1 fully saturated rings. The number of β-amino-alcohol motifs (C(OH)–C–C–N with tert-alkyl or cyclic N) is 1. The number of hydrogen-bond donors (Lipinski definition) is 4. The number of amides is 2. The van der Waals surface area contributed by atoms with Crippen LogP contribution in [-0.4, -0.2) is 63.3 Å². The Morgan fingerprint density at radius 2 is 1.94 bits per heavy atom. The number of nitrogens with zero attached hydrogens (tertiary/aromatic N) is 1. The molecule has 1 saturated heterocycles. The third-order valence-electron chi connectivity index (χ3n) is 5.96. The number of likely N-dealkylation sites (tertiary alicyclic amines) is 1. The molecule has 2 amide bonds. The number of aliphatic hydroxyl groups excluding tert-OH is 2. The summed E-state index contributed by atoms with van der Waals surface area (Å²) in [6.07, 6.45) is -1.79. The third kappa shape index (κ3) is 4.80. The minimum absolute atomic E-state index is 0.0634. The van der Waals surface area contributed by atoms with Gasteiger partial charge in [0.15, 0.2) is 6.10 Å².